The summed E-state index contributed by atoms with van der Waals surface area (Å²) in [6, 6.07) is 15.7. The van der Waals surface area contributed by atoms with Crippen molar-refractivity contribution in [3.63, 3.8) is 0 Å². The fourth-order valence-electron chi connectivity index (χ4n) is 4.17. The minimum Gasteiger partial charge on any atom is -0.493 e. The maximum atomic E-state index is 13.7. The third kappa shape index (κ3) is 4.74. The summed E-state index contributed by atoms with van der Waals surface area (Å²) in [5.41, 5.74) is 2.33. The molecule has 0 spiro atoms. The fraction of sp³-hybridized carbons (Fsp3) is 0.269. The van der Waals surface area contributed by atoms with Crippen LogP contribution in [-0.2, 0) is 6.42 Å². The molecule has 8 heteroatoms. The molecule has 0 unspecified atom stereocenters. The van der Waals surface area contributed by atoms with Crippen LogP contribution in [0, 0.1) is 0 Å². The van der Waals surface area contributed by atoms with Crippen LogP contribution in [-0.4, -0.2) is 45.3 Å². The van der Waals surface area contributed by atoms with E-state index in [1.54, 1.807) is 44.4 Å². The Morgan fingerprint density at radius 2 is 1.59 bits per heavy atom. The van der Waals surface area contributed by atoms with Gasteiger partial charge in [0.05, 0.1) is 38.0 Å². The second-order valence-electron chi connectivity index (χ2n) is 7.76. The number of hydrogen-bond donors (Lipinski definition) is 0. The molecule has 3 aromatic rings. The van der Waals surface area contributed by atoms with Crippen LogP contribution in [0.5, 0.6) is 23.0 Å². The third-order valence-electron chi connectivity index (χ3n) is 5.89. The number of carbonyl (C=O) groups excluding carboxylic acids is 1. The number of benzene rings is 3. The Bertz CT molecular complexity index is 1200. The zero-order chi connectivity index (χ0) is 24.2. The second-order valence-corrected chi connectivity index (χ2v) is 8.60. The lowest BCUT2D eigenvalue weighted by atomic mass is 9.91. The van der Waals surface area contributed by atoms with Gasteiger partial charge in [0.25, 0.3) is 5.91 Å². The number of para-hydroxylation sites is 2. The van der Waals surface area contributed by atoms with Crippen LogP contribution in [0.4, 0.5) is 0 Å². The van der Waals surface area contributed by atoms with E-state index in [1.165, 1.54) is 0 Å². The Hall–Kier alpha value is -3.09. The number of ether oxygens (including phenoxy) is 4. The van der Waals surface area contributed by atoms with Crippen molar-refractivity contribution in [2.45, 2.75) is 12.5 Å². The Balaban J connectivity index is 1.75. The molecule has 3 aromatic carbocycles. The molecule has 0 fully saturated rings. The van der Waals surface area contributed by atoms with E-state index in [-0.39, 0.29) is 12.5 Å². The average Bonchev–Trinajstić information content (AvgIpc) is 2.87. The molecule has 0 N–H and O–H groups in total. The van der Waals surface area contributed by atoms with Crippen LogP contribution in [0.3, 0.4) is 0 Å². The van der Waals surface area contributed by atoms with Gasteiger partial charge in [0.1, 0.15) is 6.61 Å². The van der Waals surface area contributed by atoms with E-state index >= 15 is 0 Å². The molecule has 34 heavy (non-hydrogen) atoms. The molecule has 0 saturated carbocycles. The van der Waals surface area contributed by atoms with Crippen LogP contribution in [0.1, 0.15) is 27.5 Å². The van der Waals surface area contributed by atoms with Crippen LogP contribution in [0.15, 0.2) is 54.6 Å². The monoisotopic (exact) mass is 501 g/mol. The van der Waals surface area contributed by atoms with Crippen molar-refractivity contribution in [1.29, 1.82) is 0 Å². The van der Waals surface area contributed by atoms with Crippen LogP contribution < -0.4 is 18.9 Å². The highest BCUT2D eigenvalue weighted by Gasteiger charge is 2.34. The first-order chi connectivity index (χ1) is 16.5. The van der Waals surface area contributed by atoms with Crippen LogP contribution in [0.25, 0.3) is 0 Å². The predicted molar refractivity (Wildman–Crippen MR) is 132 cm³/mol. The summed E-state index contributed by atoms with van der Waals surface area (Å²) in [5, 5.41) is 0.787. The van der Waals surface area contributed by atoms with Gasteiger partial charge in [-0.25, -0.2) is 0 Å². The van der Waals surface area contributed by atoms with Gasteiger partial charge < -0.3 is 23.8 Å². The van der Waals surface area contributed by atoms with E-state index in [2.05, 4.69) is 0 Å². The van der Waals surface area contributed by atoms with E-state index in [0.29, 0.717) is 51.6 Å². The molecule has 6 nitrogen and oxygen atoms in total. The quantitative estimate of drug-likeness (QED) is 0.407. The predicted octanol–water partition coefficient (Wildman–Crippen LogP) is 5.84. The topological polar surface area (TPSA) is 57.2 Å². The summed E-state index contributed by atoms with van der Waals surface area (Å²) in [5.74, 6) is 2.20. The molecule has 1 amide bonds. The Labute approximate surface area is 208 Å². The summed E-state index contributed by atoms with van der Waals surface area (Å²) >= 11 is 12.5. The minimum atomic E-state index is -0.406. The SMILES string of the molecule is COc1cc2c(cc1OC)[C@H](COc1ccccc1OC)N(C(=O)c1cc(Cl)ccc1Cl)CC2. The Morgan fingerprint density at radius 3 is 2.29 bits per heavy atom. The van der Waals surface area contributed by atoms with Gasteiger partial charge in [-0.05, 0) is 60.0 Å². The highest BCUT2D eigenvalue weighted by atomic mass is 35.5. The number of methoxy groups -OCH3 is 3. The lowest BCUT2D eigenvalue weighted by molar-refractivity contribution is 0.0587. The van der Waals surface area contributed by atoms with Gasteiger partial charge in [-0.15, -0.1) is 0 Å². The van der Waals surface area contributed by atoms with Crippen molar-refractivity contribution in [3.8, 4) is 23.0 Å². The van der Waals surface area contributed by atoms with Crippen molar-refractivity contribution >= 4 is 29.1 Å². The molecule has 1 atom stereocenters. The molecular weight excluding hydrogens is 477 g/mol. The largest absolute Gasteiger partial charge is 0.493 e. The second kappa shape index (κ2) is 10.5. The van der Waals surface area contributed by atoms with Crippen molar-refractivity contribution in [2.75, 3.05) is 34.5 Å². The molecule has 0 bridgehead atoms. The summed E-state index contributed by atoms with van der Waals surface area (Å²) in [6.07, 6.45) is 0.644. The first kappa shape index (κ1) is 24.0. The fourth-order valence-corrected chi connectivity index (χ4v) is 4.54. The number of hydrogen-bond acceptors (Lipinski definition) is 5. The maximum Gasteiger partial charge on any atom is 0.256 e. The zero-order valence-corrected chi connectivity index (χ0v) is 20.7. The number of halogens is 2. The minimum absolute atomic E-state index is 0.201. The highest BCUT2D eigenvalue weighted by Crippen LogP contribution is 2.40. The first-order valence-electron chi connectivity index (χ1n) is 10.7. The van der Waals surface area contributed by atoms with Gasteiger partial charge in [0, 0.05) is 11.6 Å². The lowest BCUT2D eigenvalue weighted by Crippen LogP contribution is -2.42. The molecule has 0 aliphatic carbocycles. The number of nitrogens with zero attached hydrogens (tertiary/aromatic N) is 1. The van der Waals surface area contributed by atoms with Gasteiger partial charge in [0.2, 0.25) is 0 Å². The molecule has 1 aliphatic heterocycles. The average molecular weight is 502 g/mol. The summed E-state index contributed by atoms with van der Waals surface area (Å²) in [6.45, 7) is 0.677. The first-order valence-corrected chi connectivity index (χ1v) is 11.5. The van der Waals surface area contributed by atoms with Crippen molar-refractivity contribution < 1.29 is 23.7 Å². The Kier molecular flexibility index (Phi) is 7.39. The molecular formula is C26H25Cl2NO5. The van der Waals surface area contributed by atoms with E-state index in [4.69, 9.17) is 42.1 Å². The van der Waals surface area contributed by atoms with Gasteiger partial charge in [-0.1, -0.05) is 35.3 Å². The normalized spacial score (nSPS) is 14.9. The van der Waals surface area contributed by atoms with Gasteiger partial charge in [0.15, 0.2) is 23.0 Å². The maximum absolute atomic E-state index is 13.7. The van der Waals surface area contributed by atoms with Crippen molar-refractivity contribution in [1.82, 2.24) is 4.90 Å². The molecule has 1 aliphatic rings. The van der Waals surface area contributed by atoms with Gasteiger partial charge >= 0.3 is 0 Å². The molecule has 0 saturated heterocycles. The molecule has 0 radical (unpaired) electrons. The summed E-state index contributed by atoms with van der Waals surface area (Å²) in [4.78, 5) is 15.4. The van der Waals surface area contributed by atoms with E-state index in [0.717, 1.165) is 11.1 Å². The number of amides is 1. The smallest absolute Gasteiger partial charge is 0.256 e. The van der Waals surface area contributed by atoms with Gasteiger partial charge in [-0.2, -0.15) is 0 Å². The number of carbonyl (C=O) groups is 1. The standard InChI is InChI=1S/C26H25Cl2NO5/c1-31-22-6-4-5-7-23(22)34-15-21-18-14-25(33-3)24(32-2)12-16(18)10-11-29(21)26(30)19-13-17(27)8-9-20(19)28/h4-9,12-14,21H,10-11,15H2,1-3H3/t21-/m0/s1. The van der Waals surface area contributed by atoms with Crippen LogP contribution in [0.2, 0.25) is 10.0 Å². The van der Waals surface area contributed by atoms with E-state index in [1.807, 2.05) is 36.4 Å². The highest BCUT2D eigenvalue weighted by molar-refractivity contribution is 6.35. The molecule has 1 heterocycles. The third-order valence-corrected chi connectivity index (χ3v) is 6.45. The zero-order valence-electron chi connectivity index (χ0n) is 19.1. The van der Waals surface area contributed by atoms with Crippen LogP contribution >= 0.6 is 23.2 Å². The Morgan fingerprint density at radius 1 is 0.912 bits per heavy atom. The molecule has 0 aromatic heterocycles. The van der Waals surface area contributed by atoms with E-state index in [9.17, 15) is 4.79 Å². The summed E-state index contributed by atoms with van der Waals surface area (Å²) in [7, 11) is 4.78. The van der Waals surface area contributed by atoms with Crippen molar-refractivity contribution in [2.24, 2.45) is 0 Å². The van der Waals surface area contributed by atoms with E-state index < -0.39 is 6.04 Å². The molecule has 178 valence electrons. The lowest BCUT2D eigenvalue weighted by Gasteiger charge is -2.38. The van der Waals surface area contributed by atoms with Gasteiger partial charge in [-0.3, -0.25) is 4.79 Å². The number of rotatable bonds is 7. The van der Waals surface area contributed by atoms with Crippen molar-refractivity contribution in [3.05, 3.63) is 81.3 Å². The number of fused-ring (bicyclic) bond motifs is 1. The molecule has 4 rings (SSSR count). The summed E-state index contributed by atoms with van der Waals surface area (Å²) < 4.78 is 22.6.